The van der Waals surface area contributed by atoms with E-state index in [0.29, 0.717) is 12.3 Å². The van der Waals surface area contributed by atoms with Crippen molar-refractivity contribution in [1.29, 1.82) is 0 Å². The van der Waals surface area contributed by atoms with Crippen molar-refractivity contribution in [1.82, 2.24) is 4.90 Å². The summed E-state index contributed by atoms with van der Waals surface area (Å²) >= 11 is 0. The third-order valence-corrected chi connectivity index (χ3v) is 3.23. The molecule has 0 atom stereocenters. The number of likely N-dealkylation sites (N-methyl/N-ethyl adjacent to an activating group) is 1. The van der Waals surface area contributed by atoms with Crippen LogP contribution in [0.5, 0.6) is 11.5 Å². The third-order valence-electron chi connectivity index (χ3n) is 3.23. The van der Waals surface area contributed by atoms with Crippen LogP contribution in [0.2, 0.25) is 0 Å². The van der Waals surface area contributed by atoms with Crippen LogP contribution in [0.25, 0.3) is 11.1 Å². The highest BCUT2D eigenvalue weighted by atomic mass is 16.5. The number of methoxy groups -OCH3 is 1. The van der Waals surface area contributed by atoms with Gasteiger partial charge in [-0.15, -0.1) is 0 Å². The van der Waals surface area contributed by atoms with E-state index in [0.717, 1.165) is 29.2 Å². The topological polar surface area (TPSA) is 47.7 Å². The molecule has 2 rings (SSSR count). The highest BCUT2D eigenvalue weighted by molar-refractivity contribution is 5.77. The molecule has 0 aliphatic carbocycles. The molecular formula is C17H22N2O2. The van der Waals surface area contributed by atoms with Crippen molar-refractivity contribution in [3.8, 4) is 22.6 Å². The molecule has 0 radical (unpaired) electrons. The summed E-state index contributed by atoms with van der Waals surface area (Å²) in [7, 11) is 5.69. The Labute approximate surface area is 126 Å². The first kappa shape index (κ1) is 15.2. The van der Waals surface area contributed by atoms with E-state index in [1.54, 1.807) is 7.11 Å². The number of nitrogens with two attached hydrogens (primary N) is 1. The van der Waals surface area contributed by atoms with E-state index in [4.69, 9.17) is 15.2 Å². The summed E-state index contributed by atoms with van der Waals surface area (Å²) in [5.74, 6) is 1.63. The van der Waals surface area contributed by atoms with Gasteiger partial charge in [-0.2, -0.15) is 0 Å². The molecule has 2 aromatic rings. The Bertz CT molecular complexity index is 580. The molecular weight excluding hydrogens is 264 g/mol. The number of rotatable bonds is 6. The number of benzene rings is 2. The van der Waals surface area contributed by atoms with Crippen LogP contribution in [0.4, 0.5) is 5.69 Å². The molecule has 0 aliphatic heterocycles. The van der Waals surface area contributed by atoms with Crippen LogP contribution in [0, 0.1) is 0 Å². The lowest BCUT2D eigenvalue weighted by Gasteiger charge is -2.12. The Hall–Kier alpha value is -2.20. The highest BCUT2D eigenvalue weighted by Crippen LogP contribution is 2.30. The van der Waals surface area contributed by atoms with E-state index in [-0.39, 0.29) is 0 Å². The number of nitrogens with zero attached hydrogens (tertiary/aromatic N) is 1. The standard InChI is InChI=1S/C17H22N2O2/c1-19(2)10-11-21-14-6-4-13(5-7-14)16-9-8-15(20-3)12-17(16)18/h4-9,12H,10-11,18H2,1-3H3. The monoisotopic (exact) mass is 286 g/mol. The van der Waals surface area contributed by atoms with Crippen LogP contribution in [0.1, 0.15) is 0 Å². The van der Waals surface area contributed by atoms with Crippen molar-refractivity contribution in [2.45, 2.75) is 0 Å². The summed E-state index contributed by atoms with van der Waals surface area (Å²) in [5.41, 5.74) is 8.83. The first-order chi connectivity index (χ1) is 10.1. The van der Waals surface area contributed by atoms with Gasteiger partial charge in [0.1, 0.15) is 18.1 Å². The Morgan fingerprint density at radius 2 is 1.67 bits per heavy atom. The molecule has 4 nitrogen and oxygen atoms in total. The summed E-state index contributed by atoms with van der Waals surface area (Å²) in [6, 6.07) is 13.7. The Morgan fingerprint density at radius 3 is 2.24 bits per heavy atom. The second-order valence-electron chi connectivity index (χ2n) is 5.13. The van der Waals surface area contributed by atoms with Crippen LogP contribution in [0.3, 0.4) is 0 Å². The van der Waals surface area contributed by atoms with Gasteiger partial charge in [0.2, 0.25) is 0 Å². The van der Waals surface area contributed by atoms with E-state index < -0.39 is 0 Å². The quantitative estimate of drug-likeness (QED) is 0.830. The predicted octanol–water partition coefficient (Wildman–Crippen LogP) is 2.88. The smallest absolute Gasteiger partial charge is 0.120 e. The Kier molecular flexibility index (Phi) is 5.06. The third kappa shape index (κ3) is 4.13. The fourth-order valence-electron chi connectivity index (χ4n) is 2.01. The minimum atomic E-state index is 0.678. The molecule has 0 saturated heterocycles. The maximum Gasteiger partial charge on any atom is 0.120 e. The molecule has 4 heteroatoms. The second kappa shape index (κ2) is 6.99. The van der Waals surface area contributed by atoms with Crippen molar-refractivity contribution < 1.29 is 9.47 Å². The average molecular weight is 286 g/mol. The van der Waals surface area contributed by atoms with Crippen molar-refractivity contribution in [2.75, 3.05) is 40.1 Å². The molecule has 2 N–H and O–H groups in total. The average Bonchev–Trinajstić information content (AvgIpc) is 2.47. The second-order valence-corrected chi connectivity index (χ2v) is 5.13. The zero-order chi connectivity index (χ0) is 15.2. The highest BCUT2D eigenvalue weighted by Gasteiger charge is 2.04. The Morgan fingerprint density at radius 1 is 1.00 bits per heavy atom. The first-order valence-electron chi connectivity index (χ1n) is 6.91. The molecule has 0 heterocycles. The number of nitrogen functional groups attached to an aromatic ring is 1. The lowest BCUT2D eigenvalue weighted by atomic mass is 10.0. The number of hydrogen-bond donors (Lipinski definition) is 1. The van der Waals surface area contributed by atoms with Crippen LogP contribution in [0.15, 0.2) is 42.5 Å². The maximum absolute atomic E-state index is 6.06. The van der Waals surface area contributed by atoms with Gasteiger partial charge in [0.25, 0.3) is 0 Å². The van der Waals surface area contributed by atoms with Crippen LogP contribution in [-0.2, 0) is 0 Å². The molecule has 0 aliphatic rings. The summed E-state index contributed by atoms with van der Waals surface area (Å²) in [4.78, 5) is 2.09. The minimum Gasteiger partial charge on any atom is -0.497 e. The normalized spacial score (nSPS) is 10.7. The van der Waals surface area contributed by atoms with Gasteiger partial charge < -0.3 is 20.1 Å². The van der Waals surface area contributed by atoms with E-state index in [2.05, 4.69) is 4.90 Å². The summed E-state index contributed by atoms with van der Waals surface area (Å²) in [6.07, 6.45) is 0. The molecule has 0 bridgehead atoms. The van der Waals surface area contributed by atoms with Gasteiger partial charge in [-0.25, -0.2) is 0 Å². The molecule has 0 spiro atoms. The molecule has 0 unspecified atom stereocenters. The van der Waals surface area contributed by atoms with E-state index in [1.807, 2.05) is 56.6 Å². The number of hydrogen-bond acceptors (Lipinski definition) is 4. The van der Waals surface area contributed by atoms with Crippen molar-refractivity contribution >= 4 is 5.69 Å². The fourth-order valence-corrected chi connectivity index (χ4v) is 2.01. The number of anilines is 1. The molecule has 21 heavy (non-hydrogen) atoms. The first-order valence-corrected chi connectivity index (χ1v) is 6.91. The van der Waals surface area contributed by atoms with Crippen LogP contribution < -0.4 is 15.2 Å². The van der Waals surface area contributed by atoms with E-state index in [1.165, 1.54) is 0 Å². The van der Waals surface area contributed by atoms with Crippen molar-refractivity contribution in [2.24, 2.45) is 0 Å². The van der Waals surface area contributed by atoms with Gasteiger partial charge in [-0.05, 0) is 43.9 Å². The largest absolute Gasteiger partial charge is 0.497 e. The van der Waals surface area contributed by atoms with Crippen molar-refractivity contribution in [3.05, 3.63) is 42.5 Å². The molecule has 0 saturated carbocycles. The molecule has 2 aromatic carbocycles. The van der Waals surface area contributed by atoms with Gasteiger partial charge >= 0.3 is 0 Å². The van der Waals surface area contributed by atoms with E-state index >= 15 is 0 Å². The summed E-state index contributed by atoms with van der Waals surface area (Å²) < 4.78 is 10.8. The van der Waals surface area contributed by atoms with Crippen LogP contribution >= 0.6 is 0 Å². The number of ether oxygens (including phenoxy) is 2. The van der Waals surface area contributed by atoms with Crippen LogP contribution in [-0.4, -0.2) is 39.3 Å². The van der Waals surface area contributed by atoms with Gasteiger partial charge in [-0.1, -0.05) is 12.1 Å². The van der Waals surface area contributed by atoms with Gasteiger partial charge in [0, 0.05) is 23.9 Å². The fraction of sp³-hybridized carbons (Fsp3) is 0.294. The maximum atomic E-state index is 6.06. The van der Waals surface area contributed by atoms with Gasteiger partial charge in [0.05, 0.1) is 7.11 Å². The van der Waals surface area contributed by atoms with Crippen molar-refractivity contribution in [3.63, 3.8) is 0 Å². The lowest BCUT2D eigenvalue weighted by Crippen LogP contribution is -2.19. The molecule has 112 valence electrons. The zero-order valence-corrected chi connectivity index (χ0v) is 12.8. The van der Waals surface area contributed by atoms with Gasteiger partial charge in [0.15, 0.2) is 0 Å². The summed E-state index contributed by atoms with van der Waals surface area (Å²) in [6.45, 7) is 1.57. The Balaban J connectivity index is 2.08. The minimum absolute atomic E-state index is 0.678. The summed E-state index contributed by atoms with van der Waals surface area (Å²) in [5, 5.41) is 0. The molecule has 0 aromatic heterocycles. The SMILES string of the molecule is COc1ccc(-c2ccc(OCCN(C)C)cc2)c(N)c1. The molecule has 0 fully saturated rings. The zero-order valence-electron chi connectivity index (χ0n) is 12.8. The van der Waals surface area contributed by atoms with Gasteiger partial charge in [-0.3, -0.25) is 0 Å². The van der Waals surface area contributed by atoms with E-state index in [9.17, 15) is 0 Å². The predicted molar refractivity (Wildman–Crippen MR) is 86.9 cm³/mol. The lowest BCUT2D eigenvalue weighted by molar-refractivity contribution is 0.261. The molecule has 0 amide bonds.